The van der Waals surface area contributed by atoms with E-state index < -0.39 is 0 Å². The molecule has 0 spiro atoms. The first kappa shape index (κ1) is 15.2. The van der Waals surface area contributed by atoms with Crippen molar-refractivity contribution >= 4 is 17.3 Å². The van der Waals surface area contributed by atoms with Crippen molar-refractivity contribution in [1.82, 2.24) is 4.90 Å². The van der Waals surface area contributed by atoms with Crippen LogP contribution in [0.5, 0.6) is 0 Å². The lowest BCUT2D eigenvalue weighted by molar-refractivity contribution is 0.355. The van der Waals surface area contributed by atoms with Gasteiger partial charge in [0, 0.05) is 23.0 Å². The molecule has 1 fully saturated rings. The fourth-order valence-corrected chi connectivity index (χ4v) is 5.05. The summed E-state index contributed by atoms with van der Waals surface area (Å²) in [5.41, 5.74) is 6.75. The second-order valence-corrected chi connectivity index (χ2v) is 7.53. The van der Waals surface area contributed by atoms with E-state index in [0.717, 1.165) is 11.6 Å². The highest BCUT2D eigenvalue weighted by Crippen LogP contribution is 2.58. The first-order valence-corrected chi connectivity index (χ1v) is 9.32. The third-order valence-corrected chi connectivity index (χ3v) is 6.12. The Hall–Kier alpha value is -2.03. The number of halogens is 1. The maximum absolute atomic E-state index is 6.61. The number of para-hydroxylation sites is 1. The second-order valence-electron chi connectivity index (χ2n) is 7.12. The van der Waals surface area contributed by atoms with Crippen LogP contribution in [-0.4, -0.2) is 17.5 Å². The molecule has 0 aliphatic carbocycles. The van der Waals surface area contributed by atoms with E-state index in [2.05, 4.69) is 78.3 Å². The van der Waals surface area contributed by atoms with Crippen molar-refractivity contribution in [2.45, 2.75) is 32.0 Å². The highest BCUT2D eigenvalue weighted by molar-refractivity contribution is 6.31. The standard InChI is InChI=1S/C22H21ClN2/c1-3-8-18-14(2)21-22(25(18)15-9-5-4-6-10-15)16-11-7-12-17(23)20(16)19-13-24(19)21/h3-12,19,21-22H,13H2,1-2H3/b8-3-/t19?,21?,22-,24?/m0/s1. The molecule has 2 aromatic carbocycles. The van der Waals surface area contributed by atoms with E-state index in [4.69, 9.17) is 11.6 Å². The largest absolute Gasteiger partial charge is 0.332 e. The van der Waals surface area contributed by atoms with Gasteiger partial charge >= 0.3 is 0 Å². The first-order chi connectivity index (χ1) is 12.2. The Balaban J connectivity index is 1.74. The minimum atomic E-state index is 0.293. The molecule has 3 aliphatic rings. The van der Waals surface area contributed by atoms with Crippen LogP contribution in [0.1, 0.15) is 37.1 Å². The molecule has 3 unspecified atom stereocenters. The van der Waals surface area contributed by atoms with Crippen molar-refractivity contribution in [3.63, 3.8) is 0 Å². The first-order valence-electron chi connectivity index (χ1n) is 8.94. The predicted octanol–water partition coefficient (Wildman–Crippen LogP) is 5.49. The van der Waals surface area contributed by atoms with E-state index in [1.165, 1.54) is 28.1 Å². The number of nitrogens with zero attached hydrogens (tertiary/aromatic N) is 2. The lowest BCUT2D eigenvalue weighted by Gasteiger charge is -2.37. The third kappa shape index (κ3) is 2.08. The molecule has 4 atom stereocenters. The quantitative estimate of drug-likeness (QED) is 0.662. The molecule has 0 saturated carbocycles. The Kier molecular flexibility index (Phi) is 3.34. The normalized spacial score (nSPS) is 29.6. The Morgan fingerprint density at radius 1 is 1.04 bits per heavy atom. The number of hydrogen-bond acceptors (Lipinski definition) is 2. The van der Waals surface area contributed by atoms with Crippen molar-refractivity contribution in [1.29, 1.82) is 0 Å². The van der Waals surface area contributed by atoms with E-state index >= 15 is 0 Å². The van der Waals surface area contributed by atoms with Crippen LogP contribution in [0, 0.1) is 0 Å². The summed E-state index contributed by atoms with van der Waals surface area (Å²) in [7, 11) is 0. The minimum Gasteiger partial charge on any atom is -0.332 e. The molecule has 0 aromatic heterocycles. The van der Waals surface area contributed by atoms with E-state index in [1.807, 2.05) is 6.07 Å². The van der Waals surface area contributed by atoms with E-state index in [-0.39, 0.29) is 0 Å². The van der Waals surface area contributed by atoms with Gasteiger partial charge in [0.05, 0.1) is 18.1 Å². The van der Waals surface area contributed by atoms with Gasteiger partial charge in [-0.3, -0.25) is 4.90 Å². The Morgan fingerprint density at radius 3 is 2.60 bits per heavy atom. The summed E-state index contributed by atoms with van der Waals surface area (Å²) >= 11 is 6.61. The molecular formula is C22H21ClN2. The molecule has 3 heterocycles. The number of anilines is 1. The number of fused-ring (bicyclic) bond motifs is 6. The lowest BCUT2D eigenvalue weighted by Crippen LogP contribution is -2.36. The second kappa shape index (κ2) is 5.48. The fourth-order valence-electron chi connectivity index (χ4n) is 4.75. The Morgan fingerprint density at radius 2 is 1.84 bits per heavy atom. The number of benzene rings is 2. The summed E-state index contributed by atoms with van der Waals surface area (Å²) in [5, 5.41) is 0.911. The molecule has 3 aliphatic heterocycles. The molecule has 25 heavy (non-hydrogen) atoms. The topological polar surface area (TPSA) is 6.25 Å². The van der Waals surface area contributed by atoms with E-state index in [0.29, 0.717) is 18.1 Å². The zero-order valence-corrected chi connectivity index (χ0v) is 15.2. The average Bonchev–Trinajstić information content (AvgIpc) is 3.36. The van der Waals surface area contributed by atoms with Gasteiger partial charge in [-0.15, -0.1) is 0 Å². The molecule has 1 saturated heterocycles. The van der Waals surface area contributed by atoms with Gasteiger partial charge in [-0.1, -0.05) is 48.0 Å². The van der Waals surface area contributed by atoms with Crippen LogP contribution in [0.4, 0.5) is 5.69 Å². The van der Waals surface area contributed by atoms with Crippen molar-refractivity contribution in [2.24, 2.45) is 0 Å². The SMILES string of the molecule is C/C=C\C1=C(C)C2[C@H](c3cccc(Cl)c3C3CN32)N1c1ccccc1. The minimum absolute atomic E-state index is 0.293. The van der Waals surface area contributed by atoms with Crippen LogP contribution in [0.15, 0.2) is 72.0 Å². The van der Waals surface area contributed by atoms with Crippen molar-refractivity contribution in [3.8, 4) is 0 Å². The van der Waals surface area contributed by atoms with Crippen molar-refractivity contribution < 1.29 is 0 Å². The zero-order chi connectivity index (χ0) is 17.1. The fraction of sp³-hybridized carbons (Fsp3) is 0.273. The van der Waals surface area contributed by atoms with Crippen LogP contribution in [-0.2, 0) is 0 Å². The Bertz CT molecular complexity index is 899. The molecule has 3 heteroatoms. The highest BCUT2D eigenvalue weighted by Gasteiger charge is 2.56. The van der Waals surface area contributed by atoms with Gasteiger partial charge in [0.25, 0.3) is 0 Å². The predicted molar refractivity (Wildman–Crippen MR) is 104 cm³/mol. The van der Waals surface area contributed by atoms with E-state index in [9.17, 15) is 0 Å². The summed E-state index contributed by atoms with van der Waals surface area (Å²) in [5.74, 6) is 0. The van der Waals surface area contributed by atoms with Gasteiger partial charge < -0.3 is 4.90 Å². The monoisotopic (exact) mass is 348 g/mol. The van der Waals surface area contributed by atoms with Gasteiger partial charge in [0.1, 0.15) is 0 Å². The van der Waals surface area contributed by atoms with Crippen LogP contribution in [0.3, 0.4) is 0 Å². The van der Waals surface area contributed by atoms with Gasteiger partial charge in [0.15, 0.2) is 0 Å². The maximum atomic E-state index is 6.61. The van der Waals surface area contributed by atoms with Crippen LogP contribution >= 0.6 is 11.6 Å². The number of hydrogen-bond donors (Lipinski definition) is 0. The summed E-state index contributed by atoms with van der Waals surface area (Å²) in [6.45, 7) is 5.50. The molecule has 0 bridgehead atoms. The molecule has 126 valence electrons. The van der Waals surface area contributed by atoms with Crippen LogP contribution < -0.4 is 4.90 Å². The van der Waals surface area contributed by atoms with Crippen LogP contribution in [0.2, 0.25) is 5.02 Å². The zero-order valence-electron chi connectivity index (χ0n) is 14.5. The molecule has 2 nitrogen and oxygen atoms in total. The molecule has 2 aromatic rings. The van der Waals surface area contributed by atoms with Crippen molar-refractivity contribution in [2.75, 3.05) is 11.4 Å². The van der Waals surface area contributed by atoms with Gasteiger partial charge in [-0.05, 0) is 54.8 Å². The third-order valence-electron chi connectivity index (χ3n) is 5.79. The van der Waals surface area contributed by atoms with Crippen LogP contribution in [0.25, 0.3) is 0 Å². The van der Waals surface area contributed by atoms with Crippen molar-refractivity contribution in [3.05, 3.63) is 88.1 Å². The van der Waals surface area contributed by atoms with Gasteiger partial charge in [-0.25, -0.2) is 0 Å². The summed E-state index contributed by atoms with van der Waals surface area (Å²) in [4.78, 5) is 5.10. The number of allylic oxidation sites excluding steroid dienone is 2. The molecule has 0 radical (unpaired) electrons. The molecule has 0 N–H and O–H groups in total. The van der Waals surface area contributed by atoms with E-state index in [1.54, 1.807) is 0 Å². The lowest BCUT2D eigenvalue weighted by atomic mass is 9.88. The summed E-state index contributed by atoms with van der Waals surface area (Å²) in [6, 6.07) is 18.3. The molecule has 5 rings (SSSR count). The number of rotatable bonds is 2. The smallest absolute Gasteiger partial charge is 0.0790 e. The average molecular weight is 349 g/mol. The summed E-state index contributed by atoms with van der Waals surface area (Å²) < 4.78 is 0. The van der Waals surface area contributed by atoms with Gasteiger partial charge in [-0.2, -0.15) is 0 Å². The molecule has 0 amide bonds. The molecular weight excluding hydrogens is 328 g/mol. The maximum Gasteiger partial charge on any atom is 0.0790 e. The highest BCUT2D eigenvalue weighted by atomic mass is 35.5. The summed E-state index contributed by atoms with van der Waals surface area (Å²) in [6.07, 6.45) is 4.40. The Labute approximate surface area is 154 Å². The van der Waals surface area contributed by atoms with Gasteiger partial charge in [0.2, 0.25) is 0 Å².